The minimum atomic E-state index is -0.155. The molecule has 3 unspecified atom stereocenters. The summed E-state index contributed by atoms with van der Waals surface area (Å²) in [4.78, 5) is 12.9. The van der Waals surface area contributed by atoms with Crippen LogP contribution in [0.5, 0.6) is 0 Å². The number of fused-ring (bicyclic) bond motifs is 5. The van der Waals surface area contributed by atoms with E-state index in [1.54, 1.807) is 0 Å². The van der Waals surface area contributed by atoms with Gasteiger partial charge in [-0.05, 0) is 97.4 Å². The zero-order valence-corrected chi connectivity index (χ0v) is 29.9. The molecule has 3 N–H and O–H groups in total. The lowest BCUT2D eigenvalue weighted by Gasteiger charge is -2.45. The highest BCUT2D eigenvalue weighted by Gasteiger charge is 2.50. The molecule has 252 valence electrons. The Kier molecular flexibility index (Phi) is 8.88. The molecule has 7 heterocycles. The highest BCUT2D eigenvalue weighted by molar-refractivity contribution is 7.23. The van der Waals surface area contributed by atoms with Crippen LogP contribution in [0.4, 0.5) is 5.00 Å². The van der Waals surface area contributed by atoms with Crippen LogP contribution in [-0.4, -0.2) is 83.8 Å². The van der Waals surface area contributed by atoms with Gasteiger partial charge in [-0.2, -0.15) is 10.3 Å². The molecule has 0 aliphatic carbocycles. The molecule has 11 heteroatoms. The Morgan fingerprint density at radius 3 is 2.74 bits per heavy atom. The van der Waals surface area contributed by atoms with Crippen LogP contribution in [-0.2, 0) is 9.47 Å². The van der Waals surface area contributed by atoms with Gasteiger partial charge in [-0.25, -0.2) is 0 Å². The maximum atomic E-state index is 10.1. The zero-order chi connectivity index (χ0) is 33.0. The number of nitrogen functional groups attached to an aromatic ring is 1. The van der Waals surface area contributed by atoms with Crippen LogP contribution in [0.15, 0.2) is 45.4 Å². The van der Waals surface area contributed by atoms with Gasteiger partial charge in [0.2, 0.25) is 0 Å². The smallest absolute Gasteiger partial charge is 0.294 e. The third-order valence-electron chi connectivity index (χ3n) is 11.7. The zero-order valence-electron chi connectivity index (χ0n) is 28.3. The number of amidine groups is 1. The molecule has 0 radical (unpaired) electrons. The normalized spacial score (nSPS) is 28.2. The number of hydrogen-bond donors (Lipinski definition) is 2. The van der Waals surface area contributed by atoms with Gasteiger partial charge in [0.05, 0.1) is 28.2 Å². The second-order valence-corrected chi connectivity index (χ2v) is 15.8. The minimum absolute atomic E-state index is 0.0164. The van der Waals surface area contributed by atoms with Crippen molar-refractivity contribution in [3.63, 3.8) is 0 Å². The van der Waals surface area contributed by atoms with Gasteiger partial charge in [-0.1, -0.05) is 23.7 Å². The fraction of sp³-hybridized carbons (Fsp3) is 0.611. The van der Waals surface area contributed by atoms with Crippen molar-refractivity contribution in [1.82, 2.24) is 20.0 Å². The van der Waals surface area contributed by atoms with Crippen LogP contribution in [0.2, 0.25) is 0 Å². The SMILES string of the molecule is CC1=C(/N=C(/OC(C)C23CCCN2CCC3)N(C)C(C)c2cccc3sc(N)c(C#N)c23)N2C3CCC[C@H](NC3)[C@H]2CO/C1=C(/C)Cl. The number of allylic oxidation sites excluding steroid dienone is 2. The van der Waals surface area contributed by atoms with E-state index in [9.17, 15) is 5.26 Å². The second kappa shape index (κ2) is 12.8. The number of ether oxygens (including phenoxy) is 2. The molecule has 5 fully saturated rings. The van der Waals surface area contributed by atoms with Crippen LogP contribution in [0.1, 0.15) is 89.8 Å². The maximum absolute atomic E-state index is 10.1. The first kappa shape index (κ1) is 32.6. The van der Waals surface area contributed by atoms with E-state index < -0.39 is 0 Å². The summed E-state index contributed by atoms with van der Waals surface area (Å²) in [6.45, 7) is 12.1. The van der Waals surface area contributed by atoms with Gasteiger partial charge in [0.25, 0.3) is 6.02 Å². The number of benzene rings is 1. The molecule has 5 saturated heterocycles. The molecule has 2 aromatic rings. The van der Waals surface area contributed by atoms with Gasteiger partial charge in [-0.15, -0.1) is 11.3 Å². The van der Waals surface area contributed by atoms with Crippen molar-refractivity contribution in [2.24, 2.45) is 4.99 Å². The quantitative estimate of drug-likeness (QED) is 0.268. The van der Waals surface area contributed by atoms with E-state index in [1.165, 1.54) is 30.6 Å². The van der Waals surface area contributed by atoms with Crippen LogP contribution in [0, 0.1) is 11.3 Å². The summed E-state index contributed by atoms with van der Waals surface area (Å²) in [7, 11) is 2.07. The Balaban J connectivity index is 1.36. The van der Waals surface area contributed by atoms with Gasteiger partial charge in [0.1, 0.15) is 35.4 Å². The molecular weight excluding hydrogens is 630 g/mol. The molecule has 1 aromatic heterocycles. The topological polar surface area (TPSA) is 102 Å². The van der Waals surface area contributed by atoms with Crippen LogP contribution >= 0.6 is 22.9 Å². The van der Waals surface area contributed by atoms with Crippen molar-refractivity contribution in [2.75, 3.05) is 39.0 Å². The van der Waals surface area contributed by atoms with Crippen molar-refractivity contribution in [3.05, 3.63) is 51.5 Å². The molecule has 0 spiro atoms. The van der Waals surface area contributed by atoms with E-state index >= 15 is 0 Å². The van der Waals surface area contributed by atoms with E-state index in [2.05, 4.69) is 66.0 Å². The Morgan fingerprint density at radius 1 is 1.26 bits per heavy atom. The summed E-state index contributed by atoms with van der Waals surface area (Å²) < 4.78 is 14.7. The minimum Gasteiger partial charge on any atom is -0.490 e. The molecule has 9 nitrogen and oxygen atoms in total. The third-order valence-corrected chi connectivity index (χ3v) is 12.8. The highest BCUT2D eigenvalue weighted by atomic mass is 35.5. The van der Waals surface area contributed by atoms with E-state index in [-0.39, 0.29) is 23.7 Å². The van der Waals surface area contributed by atoms with Crippen molar-refractivity contribution in [2.45, 2.75) is 108 Å². The molecule has 47 heavy (non-hydrogen) atoms. The Morgan fingerprint density at radius 2 is 2.02 bits per heavy atom. The van der Waals surface area contributed by atoms with Gasteiger partial charge in [-0.3, -0.25) is 4.90 Å². The monoisotopic (exact) mass is 677 g/mol. The average molecular weight is 678 g/mol. The fourth-order valence-corrected chi connectivity index (χ4v) is 10.2. The van der Waals surface area contributed by atoms with E-state index in [0.717, 1.165) is 72.4 Å². The maximum Gasteiger partial charge on any atom is 0.294 e. The lowest BCUT2D eigenvalue weighted by molar-refractivity contribution is 0.0240. The lowest BCUT2D eigenvalue weighted by Crippen LogP contribution is -2.61. The molecular formula is C36H48ClN7O2S. The van der Waals surface area contributed by atoms with Crippen molar-refractivity contribution in [3.8, 4) is 6.07 Å². The standard InChI is InChI=1S/C36H48ClN7O2S/c1-21-32(22(2)37)45-20-29-28-12-6-10-25(19-40-28)44(29)34(21)41-35(46-24(4)36-14-8-16-43(36)17-9-15-36)42(5)23(3)26-11-7-13-30-31(26)27(18-38)33(39)47-30/h7,11,13,23-25,28-29,40H,6,8-10,12,14-17,19-20,39H2,1-5H3/b32-22-,41-35+/t23?,24?,25?,28-,29+/m0/s1. The van der Waals surface area contributed by atoms with Crippen molar-refractivity contribution < 1.29 is 9.47 Å². The highest BCUT2D eigenvalue weighted by Crippen LogP contribution is 2.44. The number of anilines is 1. The number of piperazine rings is 1. The molecule has 5 atom stereocenters. The predicted octanol–water partition coefficient (Wildman–Crippen LogP) is 6.66. The number of nitriles is 1. The predicted molar refractivity (Wildman–Crippen MR) is 190 cm³/mol. The summed E-state index contributed by atoms with van der Waals surface area (Å²) in [5.41, 5.74) is 8.86. The number of hydrogen-bond acceptors (Lipinski definition) is 9. The first-order chi connectivity index (χ1) is 22.6. The summed E-state index contributed by atoms with van der Waals surface area (Å²) in [6, 6.07) is 9.73. The summed E-state index contributed by atoms with van der Waals surface area (Å²) in [5.74, 6) is 1.58. The van der Waals surface area contributed by atoms with E-state index in [4.69, 9.17) is 31.8 Å². The fourth-order valence-electron chi connectivity index (χ4n) is 9.08. The third kappa shape index (κ3) is 5.47. The first-order valence-corrected chi connectivity index (χ1v) is 18.5. The van der Waals surface area contributed by atoms with Crippen molar-refractivity contribution in [1.29, 1.82) is 5.26 Å². The van der Waals surface area contributed by atoms with Gasteiger partial charge < -0.3 is 30.3 Å². The summed E-state index contributed by atoms with van der Waals surface area (Å²) in [5, 5.41) is 16.0. The number of nitrogens with one attached hydrogen (secondary N) is 1. The van der Waals surface area contributed by atoms with Crippen molar-refractivity contribution >= 4 is 44.0 Å². The average Bonchev–Trinajstić information content (AvgIpc) is 3.61. The van der Waals surface area contributed by atoms with Gasteiger partial charge >= 0.3 is 0 Å². The molecule has 2 bridgehead atoms. The number of thiophene rings is 1. The Labute approximate surface area is 288 Å². The number of nitrogens with zero attached hydrogens (tertiary/aromatic N) is 5. The van der Waals surface area contributed by atoms with Crippen LogP contribution in [0.25, 0.3) is 10.1 Å². The number of halogens is 1. The van der Waals surface area contributed by atoms with Crippen LogP contribution in [0.3, 0.4) is 0 Å². The number of rotatable bonds is 5. The Bertz CT molecular complexity index is 1660. The molecule has 1 aromatic carbocycles. The first-order valence-electron chi connectivity index (χ1n) is 17.3. The molecule has 6 aliphatic heterocycles. The second-order valence-electron chi connectivity index (χ2n) is 14.1. The molecule has 0 saturated carbocycles. The Hall–Kier alpha value is -2.97. The molecule has 6 aliphatic rings. The number of aliphatic imine (C=N–C) groups is 1. The van der Waals surface area contributed by atoms with Gasteiger partial charge in [0, 0.05) is 41.3 Å². The summed E-state index contributed by atoms with van der Waals surface area (Å²) >= 11 is 8.17. The number of nitrogens with two attached hydrogens (primary N) is 1. The largest absolute Gasteiger partial charge is 0.490 e. The van der Waals surface area contributed by atoms with E-state index in [1.807, 2.05) is 13.0 Å². The molecule has 0 amide bonds. The molecule has 8 rings (SSSR count). The van der Waals surface area contributed by atoms with Gasteiger partial charge in [0.15, 0.2) is 0 Å². The van der Waals surface area contributed by atoms with E-state index in [0.29, 0.717) is 46.1 Å². The van der Waals surface area contributed by atoms with Crippen LogP contribution < -0.4 is 11.1 Å². The summed E-state index contributed by atoms with van der Waals surface area (Å²) in [6.07, 6.45) is 7.99. The lowest BCUT2D eigenvalue weighted by atomic mass is 9.88.